The third-order valence-electron chi connectivity index (χ3n) is 3.45. The predicted octanol–water partition coefficient (Wildman–Crippen LogP) is 1.32. The van der Waals surface area contributed by atoms with Gasteiger partial charge in [0.2, 0.25) is 5.91 Å². The Morgan fingerprint density at radius 3 is 2.88 bits per heavy atom. The molecule has 4 nitrogen and oxygen atoms in total. The van der Waals surface area contributed by atoms with Crippen LogP contribution in [-0.4, -0.2) is 35.6 Å². The molecule has 0 saturated carbocycles. The van der Waals surface area contributed by atoms with E-state index in [1.54, 1.807) is 0 Å². The first kappa shape index (κ1) is 11.4. The lowest BCUT2D eigenvalue weighted by atomic mass is 9.93. The molecule has 2 rings (SSSR count). The molecule has 0 spiro atoms. The summed E-state index contributed by atoms with van der Waals surface area (Å²) in [5.41, 5.74) is -0.145. The maximum atomic E-state index is 11.8. The van der Waals surface area contributed by atoms with Crippen LogP contribution in [0.15, 0.2) is 0 Å². The molecule has 2 aliphatic rings. The topological polar surface area (TPSA) is 53.3 Å². The van der Waals surface area contributed by atoms with E-state index in [2.05, 4.69) is 19.9 Å². The van der Waals surface area contributed by atoms with Crippen LogP contribution < -0.4 is 0 Å². The van der Waals surface area contributed by atoms with E-state index in [0.717, 1.165) is 12.8 Å². The number of nitrogens with zero attached hydrogens (tertiary/aromatic N) is 2. The molecule has 0 N–H and O–H groups in total. The van der Waals surface area contributed by atoms with Gasteiger partial charge in [-0.1, -0.05) is 0 Å². The van der Waals surface area contributed by atoms with Crippen LogP contribution in [0.2, 0.25) is 0 Å². The Morgan fingerprint density at radius 1 is 1.56 bits per heavy atom. The monoisotopic (exact) mass is 222 g/mol. The molecule has 2 fully saturated rings. The number of likely N-dealkylation sites (tertiary alicyclic amines) is 1. The summed E-state index contributed by atoms with van der Waals surface area (Å²) in [6.07, 6.45) is 2.17. The number of amides is 1. The van der Waals surface area contributed by atoms with Crippen molar-refractivity contribution in [1.29, 1.82) is 5.26 Å². The van der Waals surface area contributed by atoms with Gasteiger partial charge in [-0.2, -0.15) is 5.26 Å². The van der Waals surface area contributed by atoms with Crippen LogP contribution in [0.4, 0.5) is 0 Å². The SMILES string of the molecule is CC1(C)CC(N2CC(C#N)CC2=O)CCO1. The summed E-state index contributed by atoms with van der Waals surface area (Å²) in [7, 11) is 0. The van der Waals surface area contributed by atoms with Crippen molar-refractivity contribution < 1.29 is 9.53 Å². The van der Waals surface area contributed by atoms with Crippen molar-refractivity contribution in [2.24, 2.45) is 5.92 Å². The van der Waals surface area contributed by atoms with E-state index in [-0.39, 0.29) is 23.5 Å². The highest BCUT2D eigenvalue weighted by atomic mass is 16.5. The highest BCUT2D eigenvalue weighted by Crippen LogP contribution is 2.31. The Kier molecular flexibility index (Phi) is 2.90. The maximum Gasteiger partial charge on any atom is 0.224 e. The van der Waals surface area contributed by atoms with Gasteiger partial charge in [-0.15, -0.1) is 0 Å². The Bertz CT molecular complexity index is 332. The zero-order valence-corrected chi connectivity index (χ0v) is 9.90. The first-order valence-electron chi connectivity index (χ1n) is 5.85. The van der Waals surface area contributed by atoms with Crippen LogP contribution in [0.25, 0.3) is 0 Å². The molecule has 0 radical (unpaired) electrons. The summed E-state index contributed by atoms with van der Waals surface area (Å²) in [4.78, 5) is 13.7. The molecule has 0 aromatic carbocycles. The molecule has 2 heterocycles. The zero-order valence-electron chi connectivity index (χ0n) is 9.90. The first-order chi connectivity index (χ1) is 7.52. The van der Waals surface area contributed by atoms with Crippen molar-refractivity contribution >= 4 is 5.91 Å². The maximum absolute atomic E-state index is 11.8. The molecule has 0 aromatic heterocycles. The summed E-state index contributed by atoms with van der Waals surface area (Å²) in [6.45, 7) is 5.43. The Hall–Kier alpha value is -1.08. The lowest BCUT2D eigenvalue weighted by Gasteiger charge is -2.39. The average molecular weight is 222 g/mol. The molecule has 16 heavy (non-hydrogen) atoms. The lowest BCUT2D eigenvalue weighted by molar-refractivity contribution is -0.135. The Labute approximate surface area is 96.2 Å². The second-order valence-electron chi connectivity index (χ2n) is 5.33. The first-order valence-corrected chi connectivity index (χ1v) is 5.85. The van der Waals surface area contributed by atoms with Crippen molar-refractivity contribution in [3.05, 3.63) is 0 Å². The number of carbonyl (C=O) groups excluding carboxylic acids is 1. The van der Waals surface area contributed by atoms with E-state index in [1.807, 2.05) is 4.90 Å². The van der Waals surface area contributed by atoms with E-state index in [1.165, 1.54) is 0 Å². The molecule has 0 aliphatic carbocycles. The van der Waals surface area contributed by atoms with Crippen molar-refractivity contribution in [3.63, 3.8) is 0 Å². The van der Waals surface area contributed by atoms with Gasteiger partial charge < -0.3 is 9.64 Å². The number of carbonyl (C=O) groups is 1. The molecule has 2 unspecified atom stereocenters. The highest BCUT2D eigenvalue weighted by molar-refractivity contribution is 5.79. The standard InChI is InChI=1S/C12H18N2O2/c1-12(2)6-10(3-4-16-12)14-8-9(7-13)5-11(14)15/h9-10H,3-6,8H2,1-2H3. The second kappa shape index (κ2) is 4.06. The van der Waals surface area contributed by atoms with Crippen molar-refractivity contribution in [2.75, 3.05) is 13.2 Å². The molecule has 2 saturated heterocycles. The number of hydrogen-bond donors (Lipinski definition) is 0. The highest BCUT2D eigenvalue weighted by Gasteiger charge is 2.39. The van der Waals surface area contributed by atoms with Gasteiger partial charge in [0.15, 0.2) is 0 Å². The van der Waals surface area contributed by atoms with E-state index in [4.69, 9.17) is 10.00 Å². The molecule has 4 heteroatoms. The molecular formula is C12H18N2O2. The molecule has 1 amide bonds. The van der Waals surface area contributed by atoms with Crippen molar-refractivity contribution in [3.8, 4) is 6.07 Å². The minimum atomic E-state index is -0.145. The van der Waals surface area contributed by atoms with Crippen molar-refractivity contribution in [2.45, 2.75) is 44.8 Å². The van der Waals surface area contributed by atoms with Gasteiger partial charge >= 0.3 is 0 Å². The lowest BCUT2D eigenvalue weighted by Crippen LogP contribution is -2.46. The summed E-state index contributed by atoms with van der Waals surface area (Å²) in [5, 5.41) is 8.85. The van der Waals surface area contributed by atoms with Gasteiger partial charge in [-0.05, 0) is 26.7 Å². The van der Waals surface area contributed by atoms with E-state index >= 15 is 0 Å². The van der Waals surface area contributed by atoms with Gasteiger partial charge in [0.25, 0.3) is 0 Å². The van der Waals surface area contributed by atoms with Gasteiger partial charge in [0.05, 0.1) is 17.6 Å². The fourth-order valence-corrected chi connectivity index (χ4v) is 2.64. The zero-order chi connectivity index (χ0) is 11.8. The quantitative estimate of drug-likeness (QED) is 0.672. The molecule has 0 aromatic rings. The summed E-state index contributed by atoms with van der Waals surface area (Å²) < 4.78 is 5.64. The van der Waals surface area contributed by atoms with Gasteiger partial charge in [-0.25, -0.2) is 0 Å². The van der Waals surface area contributed by atoms with Crippen LogP contribution in [0.3, 0.4) is 0 Å². The minimum absolute atomic E-state index is 0.113. The summed E-state index contributed by atoms with van der Waals surface area (Å²) >= 11 is 0. The summed E-state index contributed by atoms with van der Waals surface area (Å²) in [5.74, 6) is 0.0210. The molecule has 2 atom stereocenters. The number of ether oxygens (including phenoxy) is 1. The number of nitriles is 1. The largest absolute Gasteiger partial charge is 0.375 e. The Balaban J connectivity index is 2.03. The number of rotatable bonds is 1. The van der Waals surface area contributed by atoms with E-state index in [9.17, 15) is 4.79 Å². The Morgan fingerprint density at radius 2 is 2.31 bits per heavy atom. The number of hydrogen-bond acceptors (Lipinski definition) is 3. The minimum Gasteiger partial charge on any atom is -0.375 e. The molecule has 2 aliphatic heterocycles. The normalized spacial score (nSPS) is 33.8. The van der Waals surface area contributed by atoms with Crippen LogP contribution in [0, 0.1) is 17.2 Å². The van der Waals surface area contributed by atoms with E-state index in [0.29, 0.717) is 19.6 Å². The fourth-order valence-electron chi connectivity index (χ4n) is 2.64. The average Bonchev–Trinajstić information content (AvgIpc) is 2.58. The van der Waals surface area contributed by atoms with E-state index < -0.39 is 0 Å². The third-order valence-corrected chi connectivity index (χ3v) is 3.45. The van der Waals surface area contributed by atoms with Gasteiger partial charge in [0, 0.05) is 25.6 Å². The molecule has 88 valence electrons. The van der Waals surface area contributed by atoms with Gasteiger partial charge in [0.1, 0.15) is 0 Å². The van der Waals surface area contributed by atoms with Crippen LogP contribution >= 0.6 is 0 Å². The fraction of sp³-hybridized carbons (Fsp3) is 0.833. The molecule has 0 bridgehead atoms. The predicted molar refractivity (Wildman–Crippen MR) is 58.5 cm³/mol. The van der Waals surface area contributed by atoms with Crippen LogP contribution in [0.1, 0.15) is 33.1 Å². The smallest absolute Gasteiger partial charge is 0.224 e. The van der Waals surface area contributed by atoms with Crippen LogP contribution in [-0.2, 0) is 9.53 Å². The summed E-state index contributed by atoms with van der Waals surface area (Å²) in [6, 6.07) is 2.45. The third kappa shape index (κ3) is 2.19. The van der Waals surface area contributed by atoms with Crippen LogP contribution in [0.5, 0.6) is 0 Å². The van der Waals surface area contributed by atoms with Gasteiger partial charge in [-0.3, -0.25) is 4.79 Å². The molecular weight excluding hydrogens is 204 g/mol. The second-order valence-corrected chi connectivity index (χ2v) is 5.33. The van der Waals surface area contributed by atoms with Crippen molar-refractivity contribution in [1.82, 2.24) is 4.90 Å².